The van der Waals surface area contributed by atoms with E-state index in [1.54, 1.807) is 0 Å². The maximum absolute atomic E-state index is 10.9. The fourth-order valence-electron chi connectivity index (χ4n) is 1.26. The summed E-state index contributed by atoms with van der Waals surface area (Å²) in [6.07, 6.45) is 0. The highest BCUT2D eigenvalue weighted by atomic mass is 16.1. The van der Waals surface area contributed by atoms with Crippen molar-refractivity contribution in [2.24, 2.45) is 17.1 Å². The molecule has 3 heteroatoms. The smallest absolute Gasteiger partial charge is 0.226 e. The molecule has 1 fully saturated rings. The molecule has 1 aliphatic rings. The summed E-state index contributed by atoms with van der Waals surface area (Å²) in [6.45, 7) is 5.57. The number of primary amides is 1. The van der Waals surface area contributed by atoms with Crippen LogP contribution < -0.4 is 11.1 Å². The number of carbonyl (C=O) groups excluding carboxylic acids is 1. The molecule has 0 spiro atoms. The molecule has 1 amide bonds. The number of carbonyl (C=O) groups is 1. The lowest BCUT2D eigenvalue weighted by Gasteiger charge is -2.43. The van der Waals surface area contributed by atoms with Crippen LogP contribution in [-0.4, -0.2) is 19.0 Å². The molecule has 1 saturated heterocycles. The van der Waals surface area contributed by atoms with Gasteiger partial charge in [0.05, 0.1) is 5.41 Å². The highest BCUT2D eigenvalue weighted by molar-refractivity contribution is 5.82. The summed E-state index contributed by atoms with van der Waals surface area (Å²) >= 11 is 0. The first-order valence-electron chi connectivity index (χ1n) is 3.60. The number of nitrogens with two attached hydrogens (primary N) is 1. The van der Waals surface area contributed by atoms with E-state index >= 15 is 0 Å². The van der Waals surface area contributed by atoms with Gasteiger partial charge in [-0.15, -0.1) is 0 Å². The van der Waals surface area contributed by atoms with Crippen LogP contribution in [0.1, 0.15) is 13.8 Å². The average molecular weight is 142 g/mol. The van der Waals surface area contributed by atoms with Gasteiger partial charge in [-0.1, -0.05) is 13.8 Å². The van der Waals surface area contributed by atoms with Crippen LogP contribution >= 0.6 is 0 Å². The van der Waals surface area contributed by atoms with E-state index in [2.05, 4.69) is 5.32 Å². The first kappa shape index (κ1) is 7.54. The van der Waals surface area contributed by atoms with Crippen LogP contribution in [0.4, 0.5) is 0 Å². The van der Waals surface area contributed by atoms with E-state index in [4.69, 9.17) is 5.73 Å². The van der Waals surface area contributed by atoms with Gasteiger partial charge in [0.15, 0.2) is 0 Å². The van der Waals surface area contributed by atoms with Crippen molar-refractivity contribution >= 4 is 5.91 Å². The summed E-state index contributed by atoms with van der Waals surface area (Å²) in [5, 5.41) is 3.06. The van der Waals surface area contributed by atoms with E-state index < -0.39 is 0 Å². The molecule has 1 aliphatic heterocycles. The molecule has 0 bridgehead atoms. The fourth-order valence-corrected chi connectivity index (χ4v) is 1.26. The quantitative estimate of drug-likeness (QED) is 0.557. The predicted molar refractivity (Wildman–Crippen MR) is 39.3 cm³/mol. The predicted octanol–water partition coefficient (Wildman–Crippen LogP) is -0.283. The number of hydrogen-bond donors (Lipinski definition) is 2. The van der Waals surface area contributed by atoms with Crippen molar-refractivity contribution in [2.75, 3.05) is 13.1 Å². The molecular weight excluding hydrogens is 128 g/mol. The van der Waals surface area contributed by atoms with Crippen LogP contribution in [0.5, 0.6) is 0 Å². The second-order valence-corrected chi connectivity index (χ2v) is 3.28. The van der Waals surface area contributed by atoms with Crippen molar-refractivity contribution in [2.45, 2.75) is 13.8 Å². The zero-order valence-electron chi connectivity index (χ0n) is 6.48. The Morgan fingerprint density at radius 3 is 2.10 bits per heavy atom. The second kappa shape index (κ2) is 2.23. The lowest BCUT2D eigenvalue weighted by molar-refractivity contribution is -0.133. The van der Waals surface area contributed by atoms with Gasteiger partial charge in [-0.3, -0.25) is 4.79 Å². The van der Waals surface area contributed by atoms with Crippen LogP contribution in [0, 0.1) is 11.3 Å². The lowest BCUT2D eigenvalue weighted by Crippen LogP contribution is -2.63. The Bertz CT molecular complexity index is 150. The van der Waals surface area contributed by atoms with Crippen molar-refractivity contribution in [3.8, 4) is 0 Å². The molecule has 58 valence electrons. The Balaban J connectivity index is 2.68. The van der Waals surface area contributed by atoms with E-state index in [-0.39, 0.29) is 11.3 Å². The molecular formula is C7H14N2O. The number of nitrogens with one attached hydrogen (secondary N) is 1. The van der Waals surface area contributed by atoms with Gasteiger partial charge in [0.1, 0.15) is 0 Å². The molecule has 0 aromatic carbocycles. The highest BCUT2D eigenvalue weighted by Gasteiger charge is 2.45. The molecule has 0 radical (unpaired) electrons. The monoisotopic (exact) mass is 142 g/mol. The molecule has 0 atom stereocenters. The van der Waals surface area contributed by atoms with Gasteiger partial charge in [-0.2, -0.15) is 0 Å². The molecule has 0 aromatic heterocycles. The molecule has 3 N–H and O–H groups in total. The van der Waals surface area contributed by atoms with Gasteiger partial charge in [-0.25, -0.2) is 0 Å². The molecule has 0 unspecified atom stereocenters. The zero-order chi connectivity index (χ0) is 7.78. The summed E-state index contributed by atoms with van der Waals surface area (Å²) in [4.78, 5) is 10.9. The van der Waals surface area contributed by atoms with Crippen LogP contribution in [0.3, 0.4) is 0 Å². The summed E-state index contributed by atoms with van der Waals surface area (Å²) in [6, 6.07) is 0. The third-order valence-electron chi connectivity index (χ3n) is 2.48. The van der Waals surface area contributed by atoms with Crippen molar-refractivity contribution < 1.29 is 4.79 Å². The maximum Gasteiger partial charge on any atom is 0.226 e. The van der Waals surface area contributed by atoms with E-state index in [0.29, 0.717) is 5.92 Å². The van der Waals surface area contributed by atoms with Crippen LogP contribution in [0.25, 0.3) is 0 Å². The van der Waals surface area contributed by atoms with Gasteiger partial charge in [0, 0.05) is 13.1 Å². The minimum Gasteiger partial charge on any atom is -0.369 e. The van der Waals surface area contributed by atoms with E-state index in [9.17, 15) is 4.79 Å². The van der Waals surface area contributed by atoms with Crippen molar-refractivity contribution in [1.29, 1.82) is 0 Å². The highest BCUT2D eigenvalue weighted by Crippen LogP contribution is 2.30. The van der Waals surface area contributed by atoms with Gasteiger partial charge in [0.25, 0.3) is 0 Å². The molecule has 1 rings (SSSR count). The average Bonchev–Trinajstić information content (AvgIpc) is 1.57. The standard InChI is InChI=1S/C7H14N2O/c1-5(2)7(6(8)10)3-9-4-7/h5,9H,3-4H2,1-2H3,(H2,8,10). The zero-order valence-corrected chi connectivity index (χ0v) is 6.48. The number of rotatable bonds is 2. The van der Waals surface area contributed by atoms with Crippen LogP contribution in [-0.2, 0) is 4.79 Å². The van der Waals surface area contributed by atoms with Crippen molar-refractivity contribution in [3.63, 3.8) is 0 Å². The normalized spacial score (nSPS) is 22.3. The third-order valence-corrected chi connectivity index (χ3v) is 2.48. The molecule has 1 heterocycles. The SMILES string of the molecule is CC(C)C1(C(N)=O)CNC1. The molecule has 3 nitrogen and oxygen atoms in total. The Hall–Kier alpha value is -0.570. The van der Waals surface area contributed by atoms with Crippen molar-refractivity contribution in [3.05, 3.63) is 0 Å². The molecule has 0 aliphatic carbocycles. The first-order valence-corrected chi connectivity index (χ1v) is 3.60. The van der Waals surface area contributed by atoms with Gasteiger partial charge < -0.3 is 11.1 Å². The summed E-state index contributed by atoms with van der Waals surface area (Å²) < 4.78 is 0. The van der Waals surface area contributed by atoms with Gasteiger partial charge in [0.2, 0.25) is 5.91 Å². The minimum absolute atomic E-state index is 0.166. The summed E-state index contributed by atoms with van der Waals surface area (Å²) in [5.74, 6) is 0.188. The van der Waals surface area contributed by atoms with E-state index in [0.717, 1.165) is 13.1 Å². The number of amides is 1. The first-order chi connectivity index (χ1) is 4.59. The third kappa shape index (κ3) is 0.814. The largest absolute Gasteiger partial charge is 0.369 e. The van der Waals surface area contributed by atoms with E-state index in [1.807, 2.05) is 13.8 Å². The molecule has 0 saturated carbocycles. The Labute approximate surface area is 61.0 Å². The Kier molecular flexibility index (Phi) is 1.68. The van der Waals surface area contributed by atoms with Crippen molar-refractivity contribution in [1.82, 2.24) is 5.32 Å². The maximum atomic E-state index is 10.9. The van der Waals surface area contributed by atoms with Gasteiger partial charge >= 0.3 is 0 Å². The van der Waals surface area contributed by atoms with E-state index in [1.165, 1.54) is 0 Å². The number of hydrogen-bond acceptors (Lipinski definition) is 2. The summed E-state index contributed by atoms with van der Waals surface area (Å²) in [7, 11) is 0. The van der Waals surface area contributed by atoms with Gasteiger partial charge in [-0.05, 0) is 5.92 Å². The van der Waals surface area contributed by atoms with Crippen LogP contribution in [0.15, 0.2) is 0 Å². The second-order valence-electron chi connectivity index (χ2n) is 3.28. The lowest BCUT2D eigenvalue weighted by atomic mass is 9.72. The Morgan fingerprint density at radius 1 is 1.60 bits per heavy atom. The van der Waals surface area contributed by atoms with Crippen LogP contribution in [0.2, 0.25) is 0 Å². The topological polar surface area (TPSA) is 55.1 Å². The Morgan fingerprint density at radius 2 is 2.10 bits per heavy atom. The summed E-state index contributed by atoms with van der Waals surface area (Å²) in [5.41, 5.74) is 5.00. The molecule has 10 heavy (non-hydrogen) atoms. The molecule has 0 aromatic rings. The fraction of sp³-hybridized carbons (Fsp3) is 0.857. The minimum atomic E-state index is -0.250.